The van der Waals surface area contributed by atoms with Crippen LogP contribution in [0.15, 0.2) is 18.2 Å². The molecule has 0 saturated heterocycles. The van der Waals surface area contributed by atoms with Gasteiger partial charge >= 0.3 is 0 Å². The highest BCUT2D eigenvalue weighted by atomic mass is 16.3. The fraction of sp³-hybridized carbons (Fsp3) is 0.417. The third kappa shape index (κ3) is 4.32. The lowest BCUT2D eigenvalue weighted by molar-refractivity contribution is 0.0953. The molecule has 1 aromatic carbocycles. The van der Waals surface area contributed by atoms with Crippen LogP contribution in [0, 0.1) is 0 Å². The number of amides is 1. The minimum absolute atomic E-state index is 0.228. The van der Waals surface area contributed by atoms with Crippen LogP contribution in [0.1, 0.15) is 23.7 Å². The molecule has 0 heterocycles. The minimum atomic E-state index is -0.287. The summed E-state index contributed by atoms with van der Waals surface area (Å²) in [7, 11) is 0. The quantitative estimate of drug-likeness (QED) is 0.437. The van der Waals surface area contributed by atoms with Gasteiger partial charge in [0.1, 0.15) is 0 Å². The SMILES string of the molecule is CCNCCCNC(=O)c1ccc(O)c(O)c1. The van der Waals surface area contributed by atoms with Crippen LogP contribution in [0.2, 0.25) is 0 Å². The molecule has 5 heteroatoms. The monoisotopic (exact) mass is 238 g/mol. The van der Waals surface area contributed by atoms with Gasteiger partial charge in [-0.2, -0.15) is 0 Å². The Hall–Kier alpha value is -1.75. The van der Waals surface area contributed by atoms with Crippen molar-refractivity contribution in [3.8, 4) is 11.5 Å². The number of nitrogens with one attached hydrogen (secondary N) is 2. The van der Waals surface area contributed by atoms with E-state index in [2.05, 4.69) is 10.6 Å². The Bertz CT molecular complexity index is 380. The normalized spacial score (nSPS) is 10.2. The van der Waals surface area contributed by atoms with Crippen LogP contribution < -0.4 is 10.6 Å². The number of hydrogen-bond donors (Lipinski definition) is 4. The van der Waals surface area contributed by atoms with Crippen molar-refractivity contribution in [3.05, 3.63) is 23.8 Å². The Labute approximate surface area is 100 Å². The summed E-state index contributed by atoms with van der Waals surface area (Å²) >= 11 is 0. The van der Waals surface area contributed by atoms with E-state index in [0.717, 1.165) is 19.5 Å². The van der Waals surface area contributed by atoms with Crippen LogP contribution >= 0.6 is 0 Å². The summed E-state index contributed by atoms with van der Waals surface area (Å²) in [6, 6.07) is 4.01. The number of rotatable bonds is 6. The summed E-state index contributed by atoms with van der Waals surface area (Å²) in [5.74, 6) is -0.768. The number of phenols is 2. The summed E-state index contributed by atoms with van der Waals surface area (Å²) < 4.78 is 0. The maximum atomic E-state index is 11.6. The molecule has 0 fully saturated rings. The number of benzene rings is 1. The number of aromatic hydroxyl groups is 2. The van der Waals surface area contributed by atoms with E-state index in [9.17, 15) is 9.90 Å². The van der Waals surface area contributed by atoms with Crippen molar-refractivity contribution in [1.29, 1.82) is 0 Å². The van der Waals surface area contributed by atoms with E-state index in [1.807, 2.05) is 6.92 Å². The first kappa shape index (κ1) is 13.3. The van der Waals surface area contributed by atoms with E-state index in [0.29, 0.717) is 12.1 Å². The van der Waals surface area contributed by atoms with Crippen molar-refractivity contribution in [3.63, 3.8) is 0 Å². The van der Waals surface area contributed by atoms with Crippen molar-refractivity contribution >= 4 is 5.91 Å². The van der Waals surface area contributed by atoms with Crippen LogP contribution in [-0.4, -0.2) is 35.8 Å². The summed E-state index contributed by atoms with van der Waals surface area (Å²) in [4.78, 5) is 11.6. The Morgan fingerprint density at radius 1 is 1.24 bits per heavy atom. The van der Waals surface area contributed by atoms with Crippen LogP contribution in [0.25, 0.3) is 0 Å². The van der Waals surface area contributed by atoms with E-state index in [1.165, 1.54) is 18.2 Å². The van der Waals surface area contributed by atoms with Crippen molar-refractivity contribution in [2.45, 2.75) is 13.3 Å². The fourth-order valence-electron chi connectivity index (χ4n) is 1.36. The van der Waals surface area contributed by atoms with Gasteiger partial charge in [-0.25, -0.2) is 0 Å². The van der Waals surface area contributed by atoms with Crippen LogP contribution in [0.4, 0.5) is 0 Å². The maximum Gasteiger partial charge on any atom is 0.251 e. The highest BCUT2D eigenvalue weighted by Gasteiger charge is 2.07. The average Bonchev–Trinajstić information content (AvgIpc) is 2.32. The maximum absolute atomic E-state index is 11.6. The molecule has 0 aliphatic rings. The zero-order valence-corrected chi connectivity index (χ0v) is 9.86. The molecule has 1 aromatic rings. The van der Waals surface area contributed by atoms with Gasteiger partial charge in [-0.3, -0.25) is 4.79 Å². The molecular weight excluding hydrogens is 220 g/mol. The standard InChI is InChI=1S/C12H18N2O3/c1-2-13-6-3-7-14-12(17)9-4-5-10(15)11(16)8-9/h4-5,8,13,15-16H,2-3,6-7H2,1H3,(H,14,17). The molecule has 4 N–H and O–H groups in total. The van der Waals surface area contributed by atoms with Gasteiger partial charge in [-0.05, 0) is 37.7 Å². The zero-order chi connectivity index (χ0) is 12.7. The smallest absolute Gasteiger partial charge is 0.251 e. The van der Waals surface area contributed by atoms with Crippen molar-refractivity contribution in [2.75, 3.05) is 19.6 Å². The number of phenolic OH excluding ortho intramolecular Hbond substituents is 2. The molecular formula is C12H18N2O3. The molecule has 0 saturated carbocycles. The third-order valence-electron chi connectivity index (χ3n) is 2.30. The van der Waals surface area contributed by atoms with Gasteiger partial charge in [0, 0.05) is 12.1 Å². The second kappa shape index (κ2) is 6.75. The van der Waals surface area contributed by atoms with Gasteiger partial charge in [0.05, 0.1) is 0 Å². The average molecular weight is 238 g/mol. The van der Waals surface area contributed by atoms with E-state index in [1.54, 1.807) is 0 Å². The molecule has 0 aromatic heterocycles. The molecule has 17 heavy (non-hydrogen) atoms. The summed E-state index contributed by atoms with van der Waals surface area (Å²) in [5.41, 5.74) is 0.337. The second-order valence-electron chi connectivity index (χ2n) is 3.67. The van der Waals surface area contributed by atoms with Crippen molar-refractivity contribution < 1.29 is 15.0 Å². The Kier molecular flexibility index (Phi) is 5.29. The molecule has 5 nitrogen and oxygen atoms in total. The first-order chi connectivity index (χ1) is 8.15. The van der Waals surface area contributed by atoms with Gasteiger partial charge in [0.25, 0.3) is 5.91 Å². The molecule has 1 rings (SSSR count). The Morgan fingerprint density at radius 3 is 2.65 bits per heavy atom. The van der Waals surface area contributed by atoms with E-state index >= 15 is 0 Å². The van der Waals surface area contributed by atoms with Crippen LogP contribution in [0.5, 0.6) is 11.5 Å². The predicted molar refractivity (Wildman–Crippen MR) is 65.3 cm³/mol. The Morgan fingerprint density at radius 2 is 2.00 bits per heavy atom. The lowest BCUT2D eigenvalue weighted by Crippen LogP contribution is -2.27. The number of hydrogen-bond acceptors (Lipinski definition) is 4. The molecule has 0 atom stereocenters. The van der Waals surface area contributed by atoms with Gasteiger partial charge in [-0.15, -0.1) is 0 Å². The number of carbonyl (C=O) groups is 1. The highest BCUT2D eigenvalue weighted by Crippen LogP contribution is 2.24. The first-order valence-electron chi connectivity index (χ1n) is 5.66. The molecule has 94 valence electrons. The molecule has 0 spiro atoms. The van der Waals surface area contributed by atoms with Gasteiger partial charge in [0.2, 0.25) is 0 Å². The summed E-state index contributed by atoms with van der Waals surface area (Å²) in [5, 5.41) is 24.2. The van der Waals surface area contributed by atoms with Crippen molar-refractivity contribution in [2.24, 2.45) is 0 Å². The highest BCUT2D eigenvalue weighted by molar-refractivity contribution is 5.94. The Balaban J connectivity index is 2.39. The zero-order valence-electron chi connectivity index (χ0n) is 9.86. The summed E-state index contributed by atoms with van der Waals surface area (Å²) in [6.45, 7) is 4.38. The van der Waals surface area contributed by atoms with Crippen LogP contribution in [-0.2, 0) is 0 Å². The molecule has 0 aliphatic carbocycles. The second-order valence-corrected chi connectivity index (χ2v) is 3.67. The van der Waals surface area contributed by atoms with Crippen LogP contribution in [0.3, 0.4) is 0 Å². The predicted octanol–water partition coefficient (Wildman–Crippen LogP) is 0.827. The van der Waals surface area contributed by atoms with E-state index < -0.39 is 0 Å². The number of carbonyl (C=O) groups excluding carboxylic acids is 1. The molecule has 0 bridgehead atoms. The lowest BCUT2D eigenvalue weighted by Gasteiger charge is -2.06. The minimum Gasteiger partial charge on any atom is -0.504 e. The molecule has 0 aliphatic heterocycles. The topological polar surface area (TPSA) is 81.6 Å². The molecule has 1 amide bonds. The van der Waals surface area contributed by atoms with Gasteiger partial charge < -0.3 is 20.8 Å². The van der Waals surface area contributed by atoms with Gasteiger partial charge in [0.15, 0.2) is 11.5 Å². The molecule has 0 radical (unpaired) electrons. The third-order valence-corrected chi connectivity index (χ3v) is 2.30. The van der Waals surface area contributed by atoms with Gasteiger partial charge in [-0.1, -0.05) is 6.92 Å². The molecule has 0 unspecified atom stereocenters. The summed E-state index contributed by atoms with van der Waals surface area (Å²) in [6.07, 6.45) is 0.851. The lowest BCUT2D eigenvalue weighted by atomic mass is 10.2. The van der Waals surface area contributed by atoms with Crippen molar-refractivity contribution in [1.82, 2.24) is 10.6 Å². The first-order valence-corrected chi connectivity index (χ1v) is 5.66. The fourth-order valence-corrected chi connectivity index (χ4v) is 1.36. The van der Waals surface area contributed by atoms with E-state index in [-0.39, 0.29) is 17.4 Å². The largest absolute Gasteiger partial charge is 0.504 e. The van der Waals surface area contributed by atoms with E-state index in [4.69, 9.17) is 5.11 Å².